The first-order chi connectivity index (χ1) is 24.1. The van der Waals surface area contributed by atoms with E-state index in [-0.39, 0.29) is 36.0 Å². The minimum atomic E-state index is -0.934. The fraction of sp³-hybridized carbons (Fsp3) is 0.622. The lowest BCUT2D eigenvalue weighted by molar-refractivity contribution is -0.0366. The van der Waals surface area contributed by atoms with E-state index in [0.717, 1.165) is 68.0 Å². The van der Waals surface area contributed by atoms with Gasteiger partial charge in [-0.1, -0.05) is 18.5 Å². The van der Waals surface area contributed by atoms with E-state index in [4.69, 9.17) is 41.1 Å². The highest BCUT2D eigenvalue weighted by Crippen LogP contribution is 2.54. The first kappa shape index (κ1) is 32.7. The third-order valence-electron chi connectivity index (χ3n) is 11.9. The average Bonchev–Trinajstić information content (AvgIpc) is 3.36. The third-order valence-corrected chi connectivity index (χ3v) is 12.2. The molecule has 10 nitrogen and oxygen atoms in total. The van der Waals surface area contributed by atoms with Crippen LogP contribution in [-0.2, 0) is 4.74 Å². The Bertz CT molecular complexity index is 1970. The second kappa shape index (κ2) is 12.2. The lowest BCUT2D eigenvalue weighted by Gasteiger charge is -2.38. The van der Waals surface area contributed by atoms with Gasteiger partial charge in [-0.2, -0.15) is 15.1 Å². The lowest BCUT2D eigenvalue weighted by atomic mass is 9.94. The van der Waals surface area contributed by atoms with Crippen molar-refractivity contribution in [1.29, 1.82) is 0 Å². The number of pyridine rings is 1. The quantitative estimate of drug-likeness (QED) is 0.218. The van der Waals surface area contributed by atoms with Gasteiger partial charge in [0.15, 0.2) is 12.0 Å². The molecule has 0 radical (unpaired) electrons. The number of nitrogens with zero attached hydrogens (tertiary/aromatic N) is 7. The molecule has 50 heavy (non-hydrogen) atoms. The van der Waals surface area contributed by atoms with Crippen molar-refractivity contribution in [2.24, 2.45) is 5.92 Å². The summed E-state index contributed by atoms with van der Waals surface area (Å²) in [5.41, 5.74) is 1.17. The van der Waals surface area contributed by atoms with E-state index in [9.17, 15) is 9.50 Å². The minimum absolute atomic E-state index is 0.0341. The van der Waals surface area contributed by atoms with E-state index in [1.165, 1.54) is 0 Å². The molecule has 3 aromatic heterocycles. The van der Waals surface area contributed by atoms with Gasteiger partial charge in [-0.05, 0) is 88.3 Å². The molecule has 266 valence electrons. The zero-order chi connectivity index (χ0) is 34.4. The van der Waals surface area contributed by atoms with Crippen molar-refractivity contribution in [2.45, 2.75) is 101 Å². The summed E-state index contributed by atoms with van der Waals surface area (Å²) in [6.07, 6.45) is 9.75. The Kier molecular flexibility index (Phi) is 7.98. The molecule has 0 amide bonds. The summed E-state index contributed by atoms with van der Waals surface area (Å²) in [5, 5.41) is 17.5. The highest BCUT2D eigenvalue weighted by Gasteiger charge is 2.49. The SMILES string of the molecule is CC1CC1c1c(Cl)cc2c(cnn2C2CCCCO2)c1-c1ncc2c(N3CCC[C@@](C)(O)C3)nc(OC[C@@]34CCCN3C[C@H](F)C4)nc2c1F. The number of halogens is 3. The zero-order valence-electron chi connectivity index (χ0n) is 28.7. The highest BCUT2D eigenvalue weighted by atomic mass is 35.5. The number of anilines is 1. The van der Waals surface area contributed by atoms with Gasteiger partial charge in [0.05, 0.1) is 28.2 Å². The molecule has 1 aromatic carbocycles. The number of β-amino-alcohol motifs (C(OH)–C–C–N with tert-alkyl or cyclic N) is 1. The van der Waals surface area contributed by atoms with Crippen LogP contribution in [0.15, 0.2) is 18.5 Å². The summed E-state index contributed by atoms with van der Waals surface area (Å²) >= 11 is 7.09. The summed E-state index contributed by atoms with van der Waals surface area (Å²) in [5.74, 6) is 0.444. The van der Waals surface area contributed by atoms with Crippen LogP contribution in [0.25, 0.3) is 33.1 Å². The number of alkyl halides is 1. The van der Waals surface area contributed by atoms with E-state index < -0.39 is 23.1 Å². The topological polar surface area (TPSA) is 102 Å². The summed E-state index contributed by atoms with van der Waals surface area (Å²) < 4.78 is 46.3. The van der Waals surface area contributed by atoms with Crippen molar-refractivity contribution in [3.05, 3.63) is 34.9 Å². The second-order valence-electron chi connectivity index (χ2n) is 15.7. The Morgan fingerprint density at radius 3 is 2.74 bits per heavy atom. The number of benzene rings is 1. The first-order valence-corrected chi connectivity index (χ1v) is 18.7. The number of aromatic nitrogens is 5. The van der Waals surface area contributed by atoms with Gasteiger partial charge in [-0.3, -0.25) is 9.88 Å². The maximum Gasteiger partial charge on any atom is 0.319 e. The first-order valence-electron chi connectivity index (χ1n) is 18.3. The van der Waals surface area contributed by atoms with Gasteiger partial charge in [-0.25, -0.2) is 13.5 Å². The van der Waals surface area contributed by atoms with Crippen LogP contribution in [0.5, 0.6) is 6.01 Å². The van der Waals surface area contributed by atoms with Crippen LogP contribution in [0.2, 0.25) is 5.02 Å². The van der Waals surface area contributed by atoms with Gasteiger partial charge in [0.2, 0.25) is 0 Å². The molecule has 4 saturated heterocycles. The van der Waals surface area contributed by atoms with Crippen molar-refractivity contribution in [3.8, 4) is 17.3 Å². The largest absolute Gasteiger partial charge is 0.461 e. The molecular formula is C37H44ClF2N7O3. The van der Waals surface area contributed by atoms with E-state index in [1.807, 2.05) is 22.6 Å². The molecule has 1 saturated carbocycles. The maximum absolute atomic E-state index is 17.4. The smallest absolute Gasteiger partial charge is 0.319 e. The molecule has 5 fully saturated rings. The Morgan fingerprint density at radius 1 is 1.12 bits per heavy atom. The number of hydrogen-bond acceptors (Lipinski definition) is 9. The summed E-state index contributed by atoms with van der Waals surface area (Å²) in [6.45, 7) is 7.06. The number of fused-ring (bicyclic) bond motifs is 3. The standard InChI is InChI=1S/C37H44ClF2N7O3/c1-21-13-23(21)29-26(38)14-27-24(17-42-47(27)28-7-3-4-12-49-28)30(29)33-31(40)32-25(16-41-33)34(45-10-5-8-36(2,48)19-45)44-35(43-32)50-20-37-9-6-11-46(37)18-22(39)15-37/h14,16-17,21-23,28,48H,3-13,15,18-20H2,1-2H3/t21?,22-,23?,28?,36-,37+/m1/s1. The predicted octanol–water partition coefficient (Wildman–Crippen LogP) is 6.96. The van der Waals surface area contributed by atoms with Crippen molar-refractivity contribution in [3.63, 3.8) is 0 Å². The molecule has 4 aliphatic heterocycles. The highest BCUT2D eigenvalue weighted by molar-refractivity contribution is 6.33. The van der Waals surface area contributed by atoms with Crippen molar-refractivity contribution < 1.29 is 23.4 Å². The van der Waals surface area contributed by atoms with Gasteiger partial charge in [0.1, 0.15) is 29.8 Å². The lowest BCUT2D eigenvalue weighted by Crippen LogP contribution is -2.46. The van der Waals surface area contributed by atoms with Gasteiger partial charge in [0, 0.05) is 54.8 Å². The molecule has 3 unspecified atom stereocenters. The number of piperidine rings is 1. The molecule has 0 spiro atoms. The van der Waals surface area contributed by atoms with Crippen LogP contribution in [0, 0.1) is 11.7 Å². The minimum Gasteiger partial charge on any atom is -0.461 e. The summed E-state index contributed by atoms with van der Waals surface area (Å²) in [7, 11) is 0. The summed E-state index contributed by atoms with van der Waals surface area (Å²) in [6, 6.07) is 1.97. The fourth-order valence-corrected chi connectivity index (χ4v) is 9.55. The molecule has 0 bridgehead atoms. The maximum atomic E-state index is 17.4. The van der Waals surface area contributed by atoms with Crippen LogP contribution >= 0.6 is 11.6 Å². The van der Waals surface area contributed by atoms with Crippen LogP contribution in [0.3, 0.4) is 0 Å². The molecule has 6 atom stereocenters. The molecule has 4 aromatic rings. The van der Waals surface area contributed by atoms with Crippen LogP contribution < -0.4 is 9.64 Å². The van der Waals surface area contributed by atoms with E-state index in [2.05, 4.69) is 11.8 Å². The molecule has 5 aliphatic rings. The van der Waals surface area contributed by atoms with Gasteiger partial charge in [0.25, 0.3) is 0 Å². The fourth-order valence-electron chi connectivity index (χ4n) is 9.21. The molecular weight excluding hydrogens is 664 g/mol. The van der Waals surface area contributed by atoms with Crippen LogP contribution in [-0.4, -0.2) is 91.4 Å². The molecule has 1 aliphatic carbocycles. The molecule has 1 N–H and O–H groups in total. The van der Waals surface area contributed by atoms with Crippen LogP contribution in [0.1, 0.15) is 89.3 Å². The molecule has 9 rings (SSSR count). The average molecular weight is 708 g/mol. The van der Waals surface area contributed by atoms with Gasteiger partial charge in [-0.15, -0.1) is 0 Å². The van der Waals surface area contributed by atoms with Gasteiger partial charge < -0.3 is 19.5 Å². The van der Waals surface area contributed by atoms with E-state index >= 15 is 4.39 Å². The third kappa shape index (κ3) is 5.52. The number of hydrogen-bond donors (Lipinski definition) is 1. The Hall–Kier alpha value is -3.19. The second-order valence-corrected chi connectivity index (χ2v) is 16.1. The number of rotatable bonds is 7. The van der Waals surface area contributed by atoms with E-state index in [1.54, 1.807) is 12.4 Å². The Labute approximate surface area is 295 Å². The zero-order valence-corrected chi connectivity index (χ0v) is 29.4. The number of ether oxygens (including phenoxy) is 2. The monoisotopic (exact) mass is 707 g/mol. The van der Waals surface area contributed by atoms with Crippen molar-refractivity contribution in [2.75, 3.05) is 44.3 Å². The van der Waals surface area contributed by atoms with Crippen molar-refractivity contribution >= 4 is 39.2 Å². The van der Waals surface area contributed by atoms with Crippen LogP contribution in [0.4, 0.5) is 14.6 Å². The van der Waals surface area contributed by atoms with Gasteiger partial charge >= 0.3 is 6.01 Å². The molecule has 7 heterocycles. The summed E-state index contributed by atoms with van der Waals surface area (Å²) in [4.78, 5) is 18.5. The molecule has 13 heteroatoms. The number of aliphatic hydroxyl groups is 1. The Balaban J connectivity index is 1.19. The normalized spacial score (nSPS) is 31.5. The van der Waals surface area contributed by atoms with Crippen molar-refractivity contribution in [1.82, 2.24) is 29.6 Å². The predicted molar refractivity (Wildman–Crippen MR) is 187 cm³/mol. The van der Waals surface area contributed by atoms with E-state index in [0.29, 0.717) is 66.8 Å². The Morgan fingerprint density at radius 2 is 1.96 bits per heavy atom.